The fraction of sp³-hybridized carbons (Fsp3) is 0.591. The molecule has 0 spiro atoms. The number of hydrogen-bond acceptors (Lipinski definition) is 8. The number of carbonyl (C=O) groups is 1. The first-order valence-electron chi connectivity index (χ1n) is 10.8. The van der Waals surface area contributed by atoms with Crippen molar-refractivity contribution in [1.82, 2.24) is 20.4 Å². The number of aromatic nitrogens is 2. The van der Waals surface area contributed by atoms with E-state index in [1.54, 1.807) is 14.2 Å². The minimum absolute atomic E-state index is 0.0580. The van der Waals surface area contributed by atoms with Gasteiger partial charge >= 0.3 is 0 Å². The molecule has 1 amide bonds. The highest BCUT2D eigenvalue weighted by molar-refractivity contribution is 5.78. The van der Waals surface area contributed by atoms with Gasteiger partial charge in [-0.25, -0.2) is 0 Å². The molecule has 1 atom stereocenters. The van der Waals surface area contributed by atoms with Crippen molar-refractivity contribution >= 4 is 5.91 Å². The van der Waals surface area contributed by atoms with Crippen LogP contribution in [-0.4, -0.2) is 67.5 Å². The molecule has 1 aromatic heterocycles. The van der Waals surface area contributed by atoms with Gasteiger partial charge in [0.15, 0.2) is 11.5 Å². The fourth-order valence-electron chi connectivity index (χ4n) is 4.12. The zero-order valence-electron chi connectivity index (χ0n) is 18.1. The summed E-state index contributed by atoms with van der Waals surface area (Å²) in [5.74, 6) is 2.54. The number of methoxy groups -OCH3 is 2. The van der Waals surface area contributed by atoms with Gasteiger partial charge in [0, 0.05) is 24.6 Å². The Bertz CT molecular complexity index is 873. The molecule has 31 heavy (non-hydrogen) atoms. The average Bonchev–Trinajstić information content (AvgIpc) is 3.50. The Kier molecular flexibility index (Phi) is 7.03. The van der Waals surface area contributed by atoms with E-state index in [9.17, 15) is 4.79 Å². The lowest BCUT2D eigenvalue weighted by Gasteiger charge is -2.30. The predicted octanol–water partition coefficient (Wildman–Crippen LogP) is 2.26. The van der Waals surface area contributed by atoms with Gasteiger partial charge in [0.1, 0.15) is 0 Å². The van der Waals surface area contributed by atoms with Gasteiger partial charge in [-0.1, -0.05) is 5.16 Å². The van der Waals surface area contributed by atoms with E-state index in [1.807, 2.05) is 18.2 Å². The minimum atomic E-state index is 0.0580. The highest BCUT2D eigenvalue weighted by Gasteiger charge is 2.27. The maximum atomic E-state index is 12.4. The zero-order valence-corrected chi connectivity index (χ0v) is 18.1. The van der Waals surface area contributed by atoms with Crippen LogP contribution in [0.15, 0.2) is 22.7 Å². The molecule has 2 fully saturated rings. The Hall–Kier alpha value is -2.65. The molecule has 9 heteroatoms. The smallest absolute Gasteiger partial charge is 0.241 e. The molecule has 3 heterocycles. The molecule has 2 aliphatic rings. The van der Waals surface area contributed by atoms with Gasteiger partial charge in [-0.05, 0) is 57.0 Å². The summed E-state index contributed by atoms with van der Waals surface area (Å²) in [4.78, 5) is 19.2. The van der Waals surface area contributed by atoms with E-state index in [0.29, 0.717) is 36.3 Å². The van der Waals surface area contributed by atoms with E-state index in [0.717, 1.165) is 50.9 Å². The summed E-state index contributed by atoms with van der Waals surface area (Å²) in [5, 5.41) is 7.16. The molecule has 0 saturated carbocycles. The summed E-state index contributed by atoms with van der Waals surface area (Å²) in [7, 11) is 3.19. The average molecular weight is 431 g/mol. The van der Waals surface area contributed by atoms with Crippen LogP contribution in [0.4, 0.5) is 0 Å². The monoisotopic (exact) mass is 430 g/mol. The third-order valence-electron chi connectivity index (χ3n) is 5.96. The van der Waals surface area contributed by atoms with E-state index < -0.39 is 0 Å². The third-order valence-corrected chi connectivity index (χ3v) is 5.96. The van der Waals surface area contributed by atoms with Gasteiger partial charge in [0.05, 0.1) is 26.9 Å². The van der Waals surface area contributed by atoms with Crippen molar-refractivity contribution < 1.29 is 23.5 Å². The molecule has 1 aromatic carbocycles. The van der Waals surface area contributed by atoms with Crippen LogP contribution in [0.3, 0.4) is 0 Å². The molecule has 2 saturated heterocycles. The summed E-state index contributed by atoms with van der Waals surface area (Å²) in [5.41, 5.74) is 0.800. The molecular weight excluding hydrogens is 400 g/mol. The Balaban J connectivity index is 1.26. The second kappa shape index (κ2) is 10.1. The number of carbonyl (C=O) groups excluding carboxylic acids is 1. The van der Waals surface area contributed by atoms with Crippen molar-refractivity contribution in [3.63, 3.8) is 0 Å². The zero-order chi connectivity index (χ0) is 21.6. The lowest BCUT2D eigenvalue weighted by atomic mass is 9.96. The number of piperidine rings is 1. The molecule has 2 aliphatic heterocycles. The molecular formula is C22H30N4O5. The summed E-state index contributed by atoms with van der Waals surface area (Å²) in [6.45, 7) is 3.66. The fourth-order valence-corrected chi connectivity index (χ4v) is 4.12. The van der Waals surface area contributed by atoms with Crippen molar-refractivity contribution in [2.45, 2.75) is 38.3 Å². The molecule has 1 unspecified atom stereocenters. The number of likely N-dealkylation sites (tertiary alicyclic amines) is 1. The van der Waals surface area contributed by atoms with Crippen LogP contribution in [0.5, 0.6) is 11.5 Å². The molecule has 0 aliphatic carbocycles. The number of rotatable bonds is 8. The van der Waals surface area contributed by atoms with Gasteiger partial charge in [-0.3, -0.25) is 9.69 Å². The summed E-state index contributed by atoms with van der Waals surface area (Å²) >= 11 is 0. The lowest BCUT2D eigenvalue weighted by Crippen LogP contribution is -2.42. The van der Waals surface area contributed by atoms with Crippen molar-refractivity contribution in [1.29, 1.82) is 0 Å². The van der Waals surface area contributed by atoms with E-state index in [-0.39, 0.29) is 17.9 Å². The molecule has 1 N–H and O–H groups in total. The maximum Gasteiger partial charge on any atom is 0.241 e. The van der Waals surface area contributed by atoms with Crippen LogP contribution in [0.25, 0.3) is 11.4 Å². The standard InChI is InChI=1S/C22H30N4O5/c1-28-18-6-5-16(12-19(18)29-2)21-24-20(31-25-21)14-26-9-7-15(8-10-26)22(27)23-13-17-4-3-11-30-17/h5-6,12,15,17H,3-4,7-11,13-14H2,1-2H3,(H,23,27). The Morgan fingerprint density at radius 2 is 2.00 bits per heavy atom. The first-order valence-corrected chi connectivity index (χ1v) is 10.8. The van der Waals surface area contributed by atoms with E-state index in [1.165, 1.54) is 0 Å². The largest absolute Gasteiger partial charge is 0.493 e. The number of nitrogens with zero attached hydrogens (tertiary/aromatic N) is 3. The number of nitrogens with one attached hydrogen (secondary N) is 1. The van der Waals surface area contributed by atoms with E-state index in [4.69, 9.17) is 18.7 Å². The first-order chi connectivity index (χ1) is 15.2. The van der Waals surface area contributed by atoms with Crippen LogP contribution >= 0.6 is 0 Å². The first kappa shape index (κ1) is 21.6. The number of benzene rings is 1. The molecule has 4 rings (SSSR count). The number of amides is 1. The van der Waals surface area contributed by atoms with E-state index in [2.05, 4.69) is 20.4 Å². The highest BCUT2D eigenvalue weighted by Crippen LogP contribution is 2.31. The van der Waals surface area contributed by atoms with Crippen molar-refractivity contribution in [2.24, 2.45) is 5.92 Å². The van der Waals surface area contributed by atoms with Crippen LogP contribution < -0.4 is 14.8 Å². The minimum Gasteiger partial charge on any atom is -0.493 e. The Labute approximate surface area is 182 Å². The summed E-state index contributed by atoms with van der Waals surface area (Å²) < 4.78 is 21.6. The van der Waals surface area contributed by atoms with Crippen LogP contribution in [0, 0.1) is 5.92 Å². The second-order valence-corrected chi connectivity index (χ2v) is 8.01. The van der Waals surface area contributed by atoms with Gasteiger partial charge < -0.3 is 24.1 Å². The maximum absolute atomic E-state index is 12.4. The molecule has 0 bridgehead atoms. The molecule has 0 radical (unpaired) electrons. The van der Waals surface area contributed by atoms with Crippen molar-refractivity contribution in [3.05, 3.63) is 24.1 Å². The van der Waals surface area contributed by atoms with Gasteiger partial charge in [-0.2, -0.15) is 4.98 Å². The third kappa shape index (κ3) is 5.34. The SMILES string of the molecule is COc1ccc(-c2noc(CN3CCC(C(=O)NCC4CCCO4)CC3)n2)cc1OC. The van der Waals surface area contributed by atoms with Gasteiger partial charge in [0.2, 0.25) is 17.6 Å². The van der Waals surface area contributed by atoms with Crippen LogP contribution in [-0.2, 0) is 16.1 Å². The Morgan fingerprint density at radius 3 is 2.71 bits per heavy atom. The van der Waals surface area contributed by atoms with Crippen molar-refractivity contribution in [2.75, 3.05) is 40.5 Å². The number of hydrogen-bond donors (Lipinski definition) is 1. The van der Waals surface area contributed by atoms with Crippen LogP contribution in [0.1, 0.15) is 31.6 Å². The van der Waals surface area contributed by atoms with Crippen molar-refractivity contribution in [3.8, 4) is 22.9 Å². The Morgan fingerprint density at radius 1 is 1.19 bits per heavy atom. The lowest BCUT2D eigenvalue weighted by molar-refractivity contribution is -0.127. The second-order valence-electron chi connectivity index (χ2n) is 8.01. The van der Waals surface area contributed by atoms with E-state index >= 15 is 0 Å². The number of ether oxygens (including phenoxy) is 3. The quantitative estimate of drug-likeness (QED) is 0.681. The molecule has 168 valence electrons. The van der Waals surface area contributed by atoms with Crippen LogP contribution in [0.2, 0.25) is 0 Å². The van der Waals surface area contributed by atoms with Gasteiger partial charge in [0.25, 0.3) is 0 Å². The predicted molar refractivity (Wildman–Crippen MR) is 113 cm³/mol. The highest BCUT2D eigenvalue weighted by atomic mass is 16.5. The topological polar surface area (TPSA) is 99.0 Å². The summed E-state index contributed by atoms with van der Waals surface area (Å²) in [6.07, 6.45) is 3.96. The van der Waals surface area contributed by atoms with Gasteiger partial charge in [-0.15, -0.1) is 0 Å². The molecule has 9 nitrogen and oxygen atoms in total. The summed E-state index contributed by atoms with van der Waals surface area (Å²) in [6, 6.07) is 5.52. The molecule has 2 aromatic rings. The normalized spacial score (nSPS) is 20.0.